The van der Waals surface area contributed by atoms with E-state index in [1.807, 2.05) is 18.0 Å². The Morgan fingerprint density at radius 2 is 2.05 bits per heavy atom. The van der Waals surface area contributed by atoms with E-state index < -0.39 is 0 Å². The fourth-order valence-corrected chi connectivity index (χ4v) is 3.18. The number of para-hydroxylation sites is 1. The Labute approximate surface area is 133 Å². The summed E-state index contributed by atoms with van der Waals surface area (Å²) in [7, 11) is 1.96. The predicted molar refractivity (Wildman–Crippen MR) is 90.0 cm³/mol. The fraction of sp³-hybridized carbons (Fsp3) is 0.611. The topological polar surface area (TPSA) is 35.6 Å². The third kappa shape index (κ3) is 4.01. The van der Waals surface area contributed by atoms with Crippen LogP contribution in [0.15, 0.2) is 30.3 Å². The van der Waals surface area contributed by atoms with Crippen LogP contribution in [0.2, 0.25) is 0 Å². The maximum atomic E-state index is 12.3. The first-order chi connectivity index (χ1) is 10.7. The lowest BCUT2D eigenvalue weighted by Crippen LogP contribution is -2.50. The molecule has 3 rings (SSSR count). The number of nitrogens with zero attached hydrogens (tertiary/aromatic N) is 2. The van der Waals surface area contributed by atoms with Gasteiger partial charge in [0, 0.05) is 31.9 Å². The molecule has 120 valence electrons. The number of carbonyl (C=O) groups is 1. The van der Waals surface area contributed by atoms with E-state index in [0.29, 0.717) is 12.6 Å². The van der Waals surface area contributed by atoms with Crippen LogP contribution in [0, 0.1) is 5.92 Å². The van der Waals surface area contributed by atoms with Crippen LogP contribution < -0.4 is 10.2 Å². The van der Waals surface area contributed by atoms with Crippen molar-refractivity contribution in [3.63, 3.8) is 0 Å². The molecule has 22 heavy (non-hydrogen) atoms. The van der Waals surface area contributed by atoms with Crippen molar-refractivity contribution < 1.29 is 4.79 Å². The van der Waals surface area contributed by atoms with Gasteiger partial charge in [0.2, 0.25) is 5.91 Å². The Morgan fingerprint density at radius 3 is 2.77 bits per heavy atom. The van der Waals surface area contributed by atoms with Crippen molar-refractivity contribution in [2.45, 2.75) is 31.7 Å². The molecule has 1 atom stereocenters. The number of amides is 1. The van der Waals surface area contributed by atoms with Crippen LogP contribution in [-0.4, -0.2) is 50.1 Å². The summed E-state index contributed by atoms with van der Waals surface area (Å²) in [6, 6.07) is 10.8. The van der Waals surface area contributed by atoms with Crippen molar-refractivity contribution in [2.24, 2.45) is 5.92 Å². The summed E-state index contributed by atoms with van der Waals surface area (Å²) in [6.07, 6.45) is 4.90. The summed E-state index contributed by atoms with van der Waals surface area (Å²) in [5.74, 6) is 1.04. The number of rotatable bonds is 6. The molecule has 4 nitrogen and oxygen atoms in total. The zero-order valence-electron chi connectivity index (χ0n) is 13.5. The lowest BCUT2D eigenvalue weighted by Gasteiger charge is -2.39. The zero-order chi connectivity index (χ0) is 15.4. The zero-order valence-corrected chi connectivity index (χ0v) is 13.5. The first-order valence-electron chi connectivity index (χ1n) is 8.50. The van der Waals surface area contributed by atoms with Gasteiger partial charge in [0.15, 0.2) is 0 Å². The monoisotopic (exact) mass is 301 g/mol. The molecular weight excluding hydrogens is 274 g/mol. The van der Waals surface area contributed by atoms with E-state index >= 15 is 0 Å². The Morgan fingerprint density at radius 1 is 1.27 bits per heavy atom. The molecule has 1 heterocycles. The van der Waals surface area contributed by atoms with E-state index in [1.165, 1.54) is 18.5 Å². The van der Waals surface area contributed by atoms with Crippen molar-refractivity contribution in [1.29, 1.82) is 0 Å². The summed E-state index contributed by atoms with van der Waals surface area (Å²) in [6.45, 7) is 3.51. The fourth-order valence-electron chi connectivity index (χ4n) is 3.18. The molecule has 1 N–H and O–H groups in total. The minimum absolute atomic E-state index is 0.223. The molecule has 1 aliphatic carbocycles. The van der Waals surface area contributed by atoms with E-state index in [4.69, 9.17) is 0 Å². The number of hydrogen-bond donors (Lipinski definition) is 1. The molecular formula is C18H27N3O. The average molecular weight is 301 g/mol. The minimum atomic E-state index is 0.223. The Hall–Kier alpha value is -1.55. The third-order valence-electron chi connectivity index (χ3n) is 4.87. The molecule has 0 bridgehead atoms. The normalized spacial score (nSPS) is 21.7. The quantitative estimate of drug-likeness (QED) is 0.874. The van der Waals surface area contributed by atoms with E-state index in [1.54, 1.807) is 0 Å². The molecule has 0 aromatic heterocycles. The molecule has 1 aromatic carbocycles. The second kappa shape index (κ2) is 7.14. The van der Waals surface area contributed by atoms with E-state index in [9.17, 15) is 4.79 Å². The molecule has 1 saturated heterocycles. The number of benzene rings is 1. The summed E-state index contributed by atoms with van der Waals surface area (Å²) in [5, 5.41) is 3.31. The molecule has 1 unspecified atom stereocenters. The summed E-state index contributed by atoms with van der Waals surface area (Å²) in [4.78, 5) is 16.7. The van der Waals surface area contributed by atoms with Gasteiger partial charge >= 0.3 is 0 Å². The van der Waals surface area contributed by atoms with E-state index in [2.05, 4.69) is 34.5 Å². The SMILES string of the molecule is CN(C(=O)CNCC1CC1)C1CCCN(c2ccccc2)C1. The van der Waals surface area contributed by atoms with Crippen LogP contribution in [0.4, 0.5) is 5.69 Å². The van der Waals surface area contributed by atoms with Gasteiger partial charge in [-0.2, -0.15) is 0 Å². The molecule has 1 amide bonds. The molecule has 1 aliphatic heterocycles. The second-order valence-electron chi connectivity index (χ2n) is 6.66. The van der Waals surface area contributed by atoms with E-state index in [0.717, 1.165) is 38.4 Å². The van der Waals surface area contributed by atoms with Crippen molar-refractivity contribution >= 4 is 11.6 Å². The highest BCUT2D eigenvalue weighted by Crippen LogP contribution is 2.27. The lowest BCUT2D eigenvalue weighted by molar-refractivity contribution is -0.131. The lowest BCUT2D eigenvalue weighted by atomic mass is 10.0. The van der Waals surface area contributed by atoms with Gasteiger partial charge in [0.25, 0.3) is 0 Å². The van der Waals surface area contributed by atoms with Crippen LogP contribution in [0.3, 0.4) is 0 Å². The van der Waals surface area contributed by atoms with Gasteiger partial charge in [-0.15, -0.1) is 0 Å². The Balaban J connectivity index is 1.50. The number of likely N-dealkylation sites (N-methyl/N-ethyl adjacent to an activating group) is 1. The molecule has 2 fully saturated rings. The molecule has 1 aromatic rings. The van der Waals surface area contributed by atoms with Crippen LogP contribution >= 0.6 is 0 Å². The summed E-state index contributed by atoms with van der Waals surface area (Å²) in [5.41, 5.74) is 1.26. The standard InChI is InChI=1S/C18H27N3O/c1-20(18(22)13-19-12-15-9-10-15)17-8-5-11-21(14-17)16-6-3-2-4-7-16/h2-4,6-7,15,17,19H,5,8-14H2,1H3. The molecule has 0 radical (unpaired) electrons. The van der Waals surface area contributed by atoms with Crippen molar-refractivity contribution in [3.8, 4) is 0 Å². The van der Waals surface area contributed by atoms with Gasteiger partial charge in [-0.3, -0.25) is 4.79 Å². The number of carbonyl (C=O) groups excluding carboxylic acids is 1. The van der Waals surface area contributed by atoms with Gasteiger partial charge in [-0.1, -0.05) is 18.2 Å². The highest BCUT2D eigenvalue weighted by atomic mass is 16.2. The predicted octanol–water partition coefficient (Wildman–Crippen LogP) is 2.11. The van der Waals surface area contributed by atoms with E-state index in [-0.39, 0.29) is 5.91 Å². The van der Waals surface area contributed by atoms with Crippen molar-refractivity contribution in [1.82, 2.24) is 10.2 Å². The van der Waals surface area contributed by atoms with Gasteiger partial charge in [0.05, 0.1) is 6.54 Å². The molecule has 0 spiro atoms. The van der Waals surface area contributed by atoms with Crippen LogP contribution in [0.25, 0.3) is 0 Å². The summed E-state index contributed by atoms with van der Waals surface area (Å²) >= 11 is 0. The van der Waals surface area contributed by atoms with Gasteiger partial charge in [-0.05, 0) is 50.3 Å². The number of hydrogen-bond acceptors (Lipinski definition) is 3. The maximum Gasteiger partial charge on any atom is 0.236 e. The third-order valence-corrected chi connectivity index (χ3v) is 4.87. The second-order valence-corrected chi connectivity index (χ2v) is 6.66. The molecule has 4 heteroatoms. The Bertz CT molecular complexity index is 486. The minimum Gasteiger partial charge on any atom is -0.369 e. The maximum absolute atomic E-state index is 12.3. The van der Waals surface area contributed by atoms with Crippen LogP contribution in [-0.2, 0) is 4.79 Å². The number of piperidine rings is 1. The number of nitrogens with one attached hydrogen (secondary N) is 1. The van der Waals surface area contributed by atoms with Crippen LogP contribution in [0.5, 0.6) is 0 Å². The first-order valence-corrected chi connectivity index (χ1v) is 8.50. The highest BCUT2D eigenvalue weighted by Gasteiger charge is 2.26. The Kier molecular flexibility index (Phi) is 4.98. The first kappa shape index (κ1) is 15.3. The van der Waals surface area contributed by atoms with Crippen molar-refractivity contribution in [3.05, 3.63) is 30.3 Å². The largest absolute Gasteiger partial charge is 0.369 e. The van der Waals surface area contributed by atoms with Crippen LogP contribution in [0.1, 0.15) is 25.7 Å². The molecule has 1 saturated carbocycles. The molecule has 2 aliphatic rings. The summed E-state index contributed by atoms with van der Waals surface area (Å²) < 4.78 is 0. The smallest absolute Gasteiger partial charge is 0.236 e. The highest BCUT2D eigenvalue weighted by molar-refractivity contribution is 5.78. The average Bonchev–Trinajstić information content (AvgIpc) is 3.39. The van der Waals surface area contributed by atoms with Gasteiger partial charge in [-0.25, -0.2) is 0 Å². The van der Waals surface area contributed by atoms with Gasteiger partial charge < -0.3 is 15.1 Å². The van der Waals surface area contributed by atoms with Gasteiger partial charge in [0.1, 0.15) is 0 Å². The number of anilines is 1. The van der Waals surface area contributed by atoms with Crippen molar-refractivity contribution in [2.75, 3.05) is 38.1 Å².